The van der Waals surface area contributed by atoms with Gasteiger partial charge < -0.3 is 4.74 Å². The third-order valence-electron chi connectivity index (χ3n) is 2.94. The lowest BCUT2D eigenvalue weighted by Crippen LogP contribution is -2.06. The maximum absolute atomic E-state index is 11.4. The van der Waals surface area contributed by atoms with Gasteiger partial charge in [0.05, 0.1) is 13.7 Å². The fourth-order valence-electron chi connectivity index (χ4n) is 1.85. The van der Waals surface area contributed by atoms with Gasteiger partial charge in [-0.05, 0) is 38.1 Å². The zero-order valence-electron chi connectivity index (χ0n) is 10.8. The topological polar surface area (TPSA) is 44.1 Å². The third kappa shape index (κ3) is 2.42. The van der Waals surface area contributed by atoms with Crippen LogP contribution < -0.4 is 4.74 Å². The summed E-state index contributed by atoms with van der Waals surface area (Å²) in [5, 5.41) is 4.24. The smallest absolute Gasteiger partial charge is 0.159 e. The van der Waals surface area contributed by atoms with E-state index >= 15 is 0 Å². The standard InChI is InChI=1S/C14H16N2O2/c1-10-6-7-15-16(10)9-13-8-12(11(2)17)4-5-14(13)18-3/h4-8H,9H2,1-3H3. The number of methoxy groups -OCH3 is 1. The van der Waals surface area contributed by atoms with E-state index in [0.29, 0.717) is 12.1 Å². The van der Waals surface area contributed by atoms with Crippen molar-refractivity contribution < 1.29 is 9.53 Å². The van der Waals surface area contributed by atoms with Gasteiger partial charge in [-0.25, -0.2) is 0 Å². The highest BCUT2D eigenvalue weighted by Crippen LogP contribution is 2.21. The van der Waals surface area contributed by atoms with Gasteiger partial charge in [0, 0.05) is 23.0 Å². The summed E-state index contributed by atoms with van der Waals surface area (Å²) < 4.78 is 7.19. The van der Waals surface area contributed by atoms with Crippen LogP contribution in [-0.4, -0.2) is 22.7 Å². The molecule has 0 fully saturated rings. The Balaban J connectivity index is 2.38. The number of carbonyl (C=O) groups excluding carboxylic acids is 1. The second-order valence-electron chi connectivity index (χ2n) is 4.21. The number of aryl methyl sites for hydroxylation is 1. The van der Waals surface area contributed by atoms with Crippen LogP contribution in [0.4, 0.5) is 0 Å². The molecule has 2 rings (SSSR count). The van der Waals surface area contributed by atoms with E-state index in [2.05, 4.69) is 5.10 Å². The first-order valence-corrected chi connectivity index (χ1v) is 5.78. The maximum Gasteiger partial charge on any atom is 0.159 e. The molecule has 0 amide bonds. The summed E-state index contributed by atoms with van der Waals surface area (Å²) >= 11 is 0. The molecular formula is C14H16N2O2. The molecule has 18 heavy (non-hydrogen) atoms. The molecule has 0 atom stereocenters. The molecule has 0 aliphatic rings. The molecule has 1 aromatic carbocycles. The van der Waals surface area contributed by atoms with Crippen LogP contribution in [0, 0.1) is 6.92 Å². The molecule has 1 heterocycles. The fraction of sp³-hybridized carbons (Fsp3) is 0.286. The Kier molecular flexibility index (Phi) is 3.46. The van der Waals surface area contributed by atoms with Gasteiger partial charge in [-0.1, -0.05) is 0 Å². The molecule has 0 saturated carbocycles. The number of hydrogen-bond acceptors (Lipinski definition) is 3. The summed E-state index contributed by atoms with van der Waals surface area (Å²) in [7, 11) is 1.63. The van der Waals surface area contributed by atoms with Gasteiger partial charge in [-0.2, -0.15) is 5.10 Å². The maximum atomic E-state index is 11.4. The second kappa shape index (κ2) is 5.04. The van der Waals surface area contributed by atoms with Gasteiger partial charge in [-0.15, -0.1) is 0 Å². The molecule has 0 aliphatic heterocycles. The lowest BCUT2D eigenvalue weighted by Gasteiger charge is -2.11. The molecule has 0 aliphatic carbocycles. The summed E-state index contributed by atoms with van der Waals surface area (Å²) in [5.41, 5.74) is 2.72. The number of rotatable bonds is 4. The number of ether oxygens (including phenoxy) is 1. The molecule has 0 bridgehead atoms. The van der Waals surface area contributed by atoms with E-state index in [0.717, 1.165) is 17.0 Å². The normalized spacial score (nSPS) is 10.4. The van der Waals surface area contributed by atoms with Gasteiger partial charge in [-0.3, -0.25) is 9.48 Å². The molecular weight excluding hydrogens is 228 g/mol. The van der Waals surface area contributed by atoms with Gasteiger partial charge in [0.1, 0.15) is 5.75 Å². The first kappa shape index (κ1) is 12.4. The minimum Gasteiger partial charge on any atom is -0.496 e. The van der Waals surface area contributed by atoms with Gasteiger partial charge in [0.15, 0.2) is 5.78 Å². The number of nitrogens with zero attached hydrogens (tertiary/aromatic N) is 2. The molecule has 0 N–H and O–H groups in total. The molecule has 0 spiro atoms. The Labute approximate surface area is 106 Å². The van der Waals surface area contributed by atoms with Crippen LogP contribution in [-0.2, 0) is 6.54 Å². The van der Waals surface area contributed by atoms with Crippen LogP contribution >= 0.6 is 0 Å². The molecule has 94 valence electrons. The molecule has 4 heteroatoms. The number of Topliss-reactive ketones (excluding diaryl/α,β-unsaturated/α-hetero) is 1. The van der Waals surface area contributed by atoms with E-state index in [1.54, 1.807) is 26.3 Å². The SMILES string of the molecule is COc1ccc(C(C)=O)cc1Cn1nccc1C. The van der Waals surface area contributed by atoms with Crippen molar-refractivity contribution in [3.05, 3.63) is 47.3 Å². The van der Waals surface area contributed by atoms with Gasteiger partial charge in [0.25, 0.3) is 0 Å². The number of benzene rings is 1. The Morgan fingerprint density at radius 3 is 2.72 bits per heavy atom. The Morgan fingerprint density at radius 2 is 2.17 bits per heavy atom. The van der Waals surface area contributed by atoms with Crippen molar-refractivity contribution in [1.29, 1.82) is 0 Å². The van der Waals surface area contributed by atoms with E-state index in [4.69, 9.17) is 4.74 Å². The van der Waals surface area contributed by atoms with Crippen LogP contribution in [0.2, 0.25) is 0 Å². The zero-order valence-corrected chi connectivity index (χ0v) is 10.8. The predicted octanol–water partition coefficient (Wildman–Crippen LogP) is 2.45. The van der Waals surface area contributed by atoms with Crippen molar-refractivity contribution in [2.24, 2.45) is 0 Å². The monoisotopic (exact) mass is 244 g/mol. The molecule has 1 aromatic heterocycles. The highest BCUT2D eigenvalue weighted by atomic mass is 16.5. The lowest BCUT2D eigenvalue weighted by molar-refractivity contribution is 0.101. The molecule has 4 nitrogen and oxygen atoms in total. The number of carbonyl (C=O) groups is 1. The first-order chi connectivity index (χ1) is 8.61. The van der Waals surface area contributed by atoms with E-state index < -0.39 is 0 Å². The highest BCUT2D eigenvalue weighted by Gasteiger charge is 2.09. The zero-order chi connectivity index (χ0) is 13.1. The van der Waals surface area contributed by atoms with E-state index in [1.165, 1.54) is 0 Å². The van der Waals surface area contributed by atoms with Crippen molar-refractivity contribution in [2.45, 2.75) is 20.4 Å². The quantitative estimate of drug-likeness (QED) is 0.776. The first-order valence-electron chi connectivity index (χ1n) is 5.78. The summed E-state index contributed by atoms with van der Waals surface area (Å²) in [6.07, 6.45) is 1.76. The van der Waals surface area contributed by atoms with Crippen LogP contribution in [0.3, 0.4) is 0 Å². The predicted molar refractivity (Wildman–Crippen MR) is 69.1 cm³/mol. The van der Waals surface area contributed by atoms with Crippen LogP contribution in [0.1, 0.15) is 28.5 Å². The molecule has 0 radical (unpaired) electrons. The van der Waals surface area contributed by atoms with Crippen molar-refractivity contribution >= 4 is 5.78 Å². The number of aromatic nitrogens is 2. The largest absolute Gasteiger partial charge is 0.496 e. The molecule has 0 unspecified atom stereocenters. The minimum absolute atomic E-state index is 0.0519. The number of hydrogen-bond donors (Lipinski definition) is 0. The van der Waals surface area contributed by atoms with E-state index in [1.807, 2.05) is 29.8 Å². The number of ketones is 1. The summed E-state index contributed by atoms with van der Waals surface area (Å²) in [5.74, 6) is 0.825. The fourth-order valence-corrected chi connectivity index (χ4v) is 1.85. The summed E-state index contributed by atoms with van der Waals surface area (Å²) in [4.78, 5) is 11.4. The Morgan fingerprint density at radius 1 is 1.39 bits per heavy atom. The molecule has 2 aromatic rings. The van der Waals surface area contributed by atoms with Crippen LogP contribution in [0.15, 0.2) is 30.5 Å². The van der Waals surface area contributed by atoms with E-state index in [9.17, 15) is 4.79 Å². The molecule has 0 saturated heterocycles. The summed E-state index contributed by atoms with van der Waals surface area (Å²) in [6, 6.07) is 7.41. The van der Waals surface area contributed by atoms with Crippen molar-refractivity contribution in [2.75, 3.05) is 7.11 Å². The lowest BCUT2D eigenvalue weighted by atomic mass is 10.1. The van der Waals surface area contributed by atoms with Crippen molar-refractivity contribution in [1.82, 2.24) is 9.78 Å². The minimum atomic E-state index is 0.0519. The Hall–Kier alpha value is -2.10. The van der Waals surface area contributed by atoms with Crippen LogP contribution in [0.25, 0.3) is 0 Å². The third-order valence-corrected chi connectivity index (χ3v) is 2.94. The average Bonchev–Trinajstić information content (AvgIpc) is 2.75. The van der Waals surface area contributed by atoms with Gasteiger partial charge in [0.2, 0.25) is 0 Å². The van der Waals surface area contributed by atoms with Crippen molar-refractivity contribution in [3.8, 4) is 5.75 Å². The van der Waals surface area contributed by atoms with Crippen LogP contribution in [0.5, 0.6) is 5.75 Å². The van der Waals surface area contributed by atoms with Gasteiger partial charge >= 0.3 is 0 Å². The Bertz CT molecular complexity index is 573. The average molecular weight is 244 g/mol. The second-order valence-corrected chi connectivity index (χ2v) is 4.21. The van der Waals surface area contributed by atoms with E-state index in [-0.39, 0.29) is 5.78 Å². The summed E-state index contributed by atoms with van der Waals surface area (Å²) in [6.45, 7) is 4.15. The van der Waals surface area contributed by atoms with Crippen molar-refractivity contribution in [3.63, 3.8) is 0 Å². The highest BCUT2D eigenvalue weighted by molar-refractivity contribution is 5.94.